The number of hydrogen-bond acceptors (Lipinski definition) is 5. The number of allylic oxidation sites excluding steroid dienone is 2. The number of hydrogen-bond donors (Lipinski definition) is 1. The fraction of sp³-hybridized carbons (Fsp3) is 0.650. The van der Waals surface area contributed by atoms with Gasteiger partial charge in [-0.2, -0.15) is 0 Å². The van der Waals surface area contributed by atoms with Crippen LogP contribution in [0.5, 0.6) is 0 Å². The molecule has 0 aromatic carbocycles. The number of esters is 2. The van der Waals surface area contributed by atoms with Crippen LogP contribution in [-0.2, 0) is 23.9 Å². The van der Waals surface area contributed by atoms with Gasteiger partial charge in [-0.1, -0.05) is 19.4 Å². The Kier molecular flexibility index (Phi) is 4.71. The molecule has 0 bridgehead atoms. The minimum Gasteiger partial charge on any atom is -0.481 e. The van der Waals surface area contributed by atoms with E-state index in [1.807, 2.05) is 6.92 Å². The van der Waals surface area contributed by atoms with Gasteiger partial charge in [0.2, 0.25) is 0 Å². The Balaban J connectivity index is 2.10. The Morgan fingerprint density at radius 3 is 2.65 bits per heavy atom. The van der Waals surface area contributed by atoms with Crippen LogP contribution in [0.15, 0.2) is 23.0 Å². The van der Waals surface area contributed by atoms with E-state index in [1.165, 1.54) is 0 Å². The van der Waals surface area contributed by atoms with E-state index in [2.05, 4.69) is 0 Å². The van der Waals surface area contributed by atoms with Gasteiger partial charge in [0.05, 0.1) is 11.8 Å². The molecule has 1 fully saturated rings. The monoisotopic (exact) mass is 362 g/mol. The first-order chi connectivity index (χ1) is 12.2. The molecule has 1 saturated carbocycles. The second-order valence-electron chi connectivity index (χ2n) is 7.87. The van der Waals surface area contributed by atoms with E-state index in [-0.39, 0.29) is 11.9 Å². The average Bonchev–Trinajstić information content (AvgIpc) is 2.87. The first-order valence-electron chi connectivity index (χ1n) is 9.23. The quantitative estimate of drug-likeness (QED) is 0.612. The Bertz CT molecular complexity index is 718. The Labute approximate surface area is 153 Å². The highest BCUT2D eigenvalue weighted by atomic mass is 16.6. The summed E-state index contributed by atoms with van der Waals surface area (Å²) in [4.78, 5) is 36.7. The lowest BCUT2D eigenvalue weighted by molar-refractivity contribution is -0.171. The first kappa shape index (κ1) is 18.7. The van der Waals surface area contributed by atoms with Crippen LogP contribution < -0.4 is 0 Å². The minimum absolute atomic E-state index is 0.00193. The summed E-state index contributed by atoms with van der Waals surface area (Å²) in [5.41, 5.74) is 0.354. The van der Waals surface area contributed by atoms with Gasteiger partial charge < -0.3 is 14.6 Å². The maximum atomic E-state index is 12.5. The van der Waals surface area contributed by atoms with Crippen molar-refractivity contribution in [2.75, 3.05) is 0 Å². The summed E-state index contributed by atoms with van der Waals surface area (Å²) in [6.07, 6.45) is 3.61. The van der Waals surface area contributed by atoms with E-state index in [0.29, 0.717) is 29.7 Å². The predicted octanol–water partition coefficient (Wildman–Crippen LogP) is 3.22. The molecule has 6 heteroatoms. The summed E-state index contributed by atoms with van der Waals surface area (Å²) >= 11 is 0. The number of carboxylic acids is 1. The van der Waals surface area contributed by atoms with E-state index < -0.39 is 35.3 Å². The summed E-state index contributed by atoms with van der Waals surface area (Å²) in [6, 6.07) is 0. The van der Waals surface area contributed by atoms with Gasteiger partial charge in [0, 0.05) is 23.0 Å². The molecule has 3 rings (SSSR count). The van der Waals surface area contributed by atoms with Gasteiger partial charge in [-0.3, -0.25) is 9.59 Å². The summed E-state index contributed by atoms with van der Waals surface area (Å²) < 4.78 is 11.3. The standard InChI is InChI=1S/C20H26O6/c1-5-10(2)18(23)26-16-15-11(3)19(24)25-14(15)9-12-7-6-8-13(17(21)22)20(12,16)4/h5,11-13,16H,6-9H2,1-4H3,(H,21,22)/b10-5-/t11-,12+,13+,16+,20-/m0/s1. The molecule has 0 spiro atoms. The average molecular weight is 362 g/mol. The summed E-state index contributed by atoms with van der Waals surface area (Å²) in [5.74, 6) is -2.28. The summed E-state index contributed by atoms with van der Waals surface area (Å²) in [5, 5.41) is 9.84. The number of carbonyl (C=O) groups is 3. The van der Waals surface area contributed by atoms with Crippen LogP contribution in [-0.4, -0.2) is 29.1 Å². The molecule has 0 saturated heterocycles. The van der Waals surface area contributed by atoms with Crippen molar-refractivity contribution in [1.29, 1.82) is 0 Å². The van der Waals surface area contributed by atoms with Crippen LogP contribution in [0.1, 0.15) is 53.4 Å². The van der Waals surface area contributed by atoms with E-state index in [4.69, 9.17) is 9.47 Å². The molecule has 1 aliphatic heterocycles. The molecule has 0 amide bonds. The number of carboxylic acid groups (broad SMARTS) is 1. The molecule has 26 heavy (non-hydrogen) atoms. The highest BCUT2D eigenvalue weighted by Crippen LogP contribution is 2.58. The van der Waals surface area contributed by atoms with Gasteiger partial charge >= 0.3 is 17.9 Å². The lowest BCUT2D eigenvalue weighted by Gasteiger charge is -2.52. The molecule has 3 aliphatic rings. The second kappa shape index (κ2) is 6.56. The normalized spacial score (nSPS) is 36.9. The van der Waals surface area contributed by atoms with Crippen LogP contribution in [0, 0.1) is 23.2 Å². The highest BCUT2D eigenvalue weighted by Gasteiger charge is 2.60. The molecule has 2 aliphatic carbocycles. The molecule has 0 aromatic rings. The van der Waals surface area contributed by atoms with E-state index in [9.17, 15) is 19.5 Å². The number of ether oxygens (including phenoxy) is 2. The molecule has 0 radical (unpaired) electrons. The third-order valence-corrected chi connectivity index (χ3v) is 6.60. The van der Waals surface area contributed by atoms with Crippen molar-refractivity contribution < 1.29 is 29.0 Å². The van der Waals surface area contributed by atoms with Crippen LogP contribution in [0.25, 0.3) is 0 Å². The first-order valence-corrected chi connectivity index (χ1v) is 9.23. The largest absolute Gasteiger partial charge is 0.481 e. The SMILES string of the molecule is C/C=C(/C)C(=O)O[C@@H]1C2=C(C[C@H]3CCC[C@H](C(=O)O)[C@]31C)OC(=O)[C@H]2C. The zero-order valence-corrected chi connectivity index (χ0v) is 15.7. The molecule has 142 valence electrons. The molecular weight excluding hydrogens is 336 g/mol. The van der Waals surface area contributed by atoms with Crippen molar-refractivity contribution in [3.05, 3.63) is 23.0 Å². The second-order valence-corrected chi connectivity index (χ2v) is 7.87. The lowest BCUT2D eigenvalue weighted by atomic mass is 9.53. The summed E-state index contributed by atoms with van der Waals surface area (Å²) in [6.45, 7) is 7.04. The van der Waals surface area contributed by atoms with Crippen molar-refractivity contribution in [1.82, 2.24) is 0 Å². The minimum atomic E-state index is -0.872. The Hall–Kier alpha value is -2.11. The number of rotatable bonds is 3. The summed E-state index contributed by atoms with van der Waals surface area (Å²) in [7, 11) is 0. The molecule has 1 heterocycles. The number of aliphatic carboxylic acids is 1. The van der Waals surface area contributed by atoms with Crippen molar-refractivity contribution >= 4 is 17.9 Å². The maximum Gasteiger partial charge on any atom is 0.333 e. The van der Waals surface area contributed by atoms with E-state index in [1.54, 1.807) is 26.8 Å². The van der Waals surface area contributed by atoms with Gasteiger partial charge in [0.1, 0.15) is 11.9 Å². The topological polar surface area (TPSA) is 89.9 Å². The Morgan fingerprint density at radius 1 is 1.35 bits per heavy atom. The van der Waals surface area contributed by atoms with Gasteiger partial charge in [-0.05, 0) is 39.5 Å². The molecule has 0 unspecified atom stereocenters. The van der Waals surface area contributed by atoms with E-state index >= 15 is 0 Å². The smallest absolute Gasteiger partial charge is 0.333 e. The molecule has 5 atom stereocenters. The zero-order valence-electron chi connectivity index (χ0n) is 15.7. The third kappa shape index (κ3) is 2.66. The van der Waals surface area contributed by atoms with Gasteiger partial charge in [0.25, 0.3) is 0 Å². The van der Waals surface area contributed by atoms with Crippen molar-refractivity contribution in [2.24, 2.45) is 23.2 Å². The van der Waals surface area contributed by atoms with Gasteiger partial charge in [0.15, 0.2) is 0 Å². The zero-order chi connectivity index (χ0) is 19.2. The van der Waals surface area contributed by atoms with Crippen LogP contribution >= 0.6 is 0 Å². The third-order valence-electron chi connectivity index (χ3n) is 6.60. The predicted molar refractivity (Wildman–Crippen MR) is 92.8 cm³/mol. The highest BCUT2D eigenvalue weighted by molar-refractivity contribution is 5.88. The fourth-order valence-electron chi connectivity index (χ4n) is 4.82. The van der Waals surface area contributed by atoms with Crippen molar-refractivity contribution in [3.8, 4) is 0 Å². The van der Waals surface area contributed by atoms with Crippen LogP contribution in [0.4, 0.5) is 0 Å². The maximum absolute atomic E-state index is 12.5. The van der Waals surface area contributed by atoms with Gasteiger partial charge in [-0.25, -0.2) is 4.79 Å². The van der Waals surface area contributed by atoms with Gasteiger partial charge in [-0.15, -0.1) is 0 Å². The molecular formula is C20H26O6. The molecule has 1 N–H and O–H groups in total. The van der Waals surface area contributed by atoms with Crippen molar-refractivity contribution in [3.63, 3.8) is 0 Å². The lowest BCUT2D eigenvalue weighted by Crippen LogP contribution is -2.55. The van der Waals surface area contributed by atoms with Crippen LogP contribution in [0.2, 0.25) is 0 Å². The van der Waals surface area contributed by atoms with Crippen molar-refractivity contribution in [2.45, 2.75) is 59.5 Å². The number of fused-ring (bicyclic) bond motifs is 1. The number of carbonyl (C=O) groups excluding carboxylic acids is 2. The fourth-order valence-corrected chi connectivity index (χ4v) is 4.82. The molecule has 6 nitrogen and oxygen atoms in total. The van der Waals surface area contributed by atoms with E-state index in [0.717, 1.165) is 12.8 Å². The van der Waals surface area contributed by atoms with Crippen LogP contribution in [0.3, 0.4) is 0 Å². The Morgan fingerprint density at radius 2 is 2.04 bits per heavy atom. The molecule has 0 aromatic heterocycles.